The number of benzene rings is 1. The van der Waals surface area contributed by atoms with Crippen LogP contribution >= 0.6 is 11.3 Å². The lowest BCUT2D eigenvalue weighted by Gasteiger charge is -2.31. The second-order valence-electron chi connectivity index (χ2n) is 7.70. The summed E-state index contributed by atoms with van der Waals surface area (Å²) in [7, 11) is 0. The average Bonchev–Trinajstić information content (AvgIpc) is 3.15. The topological polar surface area (TPSA) is 61.4 Å². The van der Waals surface area contributed by atoms with E-state index in [2.05, 4.69) is 21.6 Å². The fourth-order valence-electron chi connectivity index (χ4n) is 4.02. The lowest BCUT2D eigenvalue weighted by Crippen LogP contribution is -2.46. The number of hydrogen-bond donors (Lipinski definition) is 2. The van der Waals surface area contributed by atoms with E-state index in [9.17, 15) is 9.59 Å². The predicted molar refractivity (Wildman–Crippen MR) is 113 cm³/mol. The number of carbonyl (C=O) groups excluding carboxylic acids is 2. The first-order chi connectivity index (χ1) is 13.7. The van der Waals surface area contributed by atoms with Gasteiger partial charge in [-0.15, -0.1) is 11.3 Å². The second kappa shape index (κ2) is 8.88. The zero-order valence-electron chi connectivity index (χ0n) is 16.1. The number of likely N-dealkylation sites (tertiary alicyclic amines) is 1. The molecule has 2 N–H and O–H groups in total. The molecular formula is C22H27N3O2S. The molecule has 148 valence electrons. The van der Waals surface area contributed by atoms with Crippen LogP contribution in [0.25, 0.3) is 0 Å². The molecule has 1 aromatic heterocycles. The Hall–Kier alpha value is -2.18. The number of anilines is 1. The highest BCUT2D eigenvalue weighted by Crippen LogP contribution is 2.29. The maximum Gasteiger partial charge on any atom is 0.261 e. The molecule has 1 aromatic carbocycles. The Bertz CT molecular complexity index is 802. The van der Waals surface area contributed by atoms with Crippen molar-refractivity contribution in [2.45, 2.75) is 44.6 Å². The van der Waals surface area contributed by atoms with Crippen molar-refractivity contribution in [2.24, 2.45) is 0 Å². The van der Waals surface area contributed by atoms with E-state index in [0.717, 1.165) is 49.3 Å². The molecule has 0 atom stereocenters. The highest BCUT2D eigenvalue weighted by Gasteiger charge is 2.24. The van der Waals surface area contributed by atoms with Gasteiger partial charge >= 0.3 is 0 Å². The van der Waals surface area contributed by atoms with Gasteiger partial charge < -0.3 is 10.6 Å². The van der Waals surface area contributed by atoms with E-state index >= 15 is 0 Å². The van der Waals surface area contributed by atoms with Crippen molar-refractivity contribution >= 4 is 28.8 Å². The lowest BCUT2D eigenvalue weighted by molar-refractivity contribution is -0.117. The third-order valence-corrected chi connectivity index (χ3v) is 6.80. The Morgan fingerprint density at radius 2 is 1.82 bits per heavy atom. The van der Waals surface area contributed by atoms with Crippen molar-refractivity contribution in [1.82, 2.24) is 10.2 Å². The Morgan fingerprint density at radius 1 is 1.07 bits per heavy atom. The van der Waals surface area contributed by atoms with Gasteiger partial charge in [-0.2, -0.15) is 0 Å². The molecule has 28 heavy (non-hydrogen) atoms. The summed E-state index contributed by atoms with van der Waals surface area (Å²) in [4.78, 5) is 29.2. The number of rotatable bonds is 5. The fourth-order valence-corrected chi connectivity index (χ4v) is 5.18. The largest absolute Gasteiger partial charge is 0.349 e. The summed E-state index contributed by atoms with van der Waals surface area (Å²) < 4.78 is 0. The van der Waals surface area contributed by atoms with Gasteiger partial charge in [0.05, 0.1) is 11.4 Å². The summed E-state index contributed by atoms with van der Waals surface area (Å²) in [5, 5.41) is 6.13. The van der Waals surface area contributed by atoms with Crippen LogP contribution < -0.4 is 10.6 Å². The molecule has 1 saturated heterocycles. The van der Waals surface area contributed by atoms with Crippen molar-refractivity contribution in [3.63, 3.8) is 0 Å². The number of piperidine rings is 1. The lowest BCUT2D eigenvalue weighted by atomic mass is 9.99. The van der Waals surface area contributed by atoms with Crippen molar-refractivity contribution in [3.8, 4) is 0 Å². The van der Waals surface area contributed by atoms with E-state index in [1.807, 2.05) is 30.3 Å². The minimum atomic E-state index is 0.0119. The molecule has 2 aromatic rings. The van der Waals surface area contributed by atoms with Crippen LogP contribution in [0, 0.1) is 0 Å². The first kappa shape index (κ1) is 19.2. The predicted octanol–water partition coefficient (Wildman–Crippen LogP) is 3.46. The summed E-state index contributed by atoms with van der Waals surface area (Å²) >= 11 is 1.67. The summed E-state index contributed by atoms with van der Waals surface area (Å²) in [6, 6.07) is 11.8. The molecule has 0 saturated carbocycles. The summed E-state index contributed by atoms with van der Waals surface area (Å²) in [5.74, 6) is 0.0810. The van der Waals surface area contributed by atoms with Crippen LogP contribution in [0.3, 0.4) is 0 Å². The molecule has 4 rings (SSSR count). The van der Waals surface area contributed by atoms with Crippen molar-refractivity contribution < 1.29 is 9.59 Å². The molecule has 0 unspecified atom stereocenters. The number of para-hydroxylation sites is 1. The third-order valence-electron chi connectivity index (χ3n) is 5.57. The number of hydrogen-bond acceptors (Lipinski definition) is 4. The molecule has 0 radical (unpaired) electrons. The van der Waals surface area contributed by atoms with Crippen molar-refractivity contribution in [1.29, 1.82) is 0 Å². The number of amides is 2. The Labute approximate surface area is 170 Å². The maximum atomic E-state index is 12.6. The molecule has 0 spiro atoms. The van der Waals surface area contributed by atoms with Crippen LogP contribution in [0.2, 0.25) is 0 Å². The minimum absolute atomic E-state index is 0.0119. The smallest absolute Gasteiger partial charge is 0.261 e. The molecule has 0 bridgehead atoms. The zero-order chi connectivity index (χ0) is 19.3. The molecule has 2 heterocycles. The molecule has 6 heteroatoms. The first-order valence-corrected chi connectivity index (χ1v) is 11.0. The molecule has 1 aliphatic carbocycles. The third kappa shape index (κ3) is 4.80. The highest BCUT2D eigenvalue weighted by atomic mass is 32.1. The van der Waals surface area contributed by atoms with Crippen molar-refractivity contribution in [2.75, 3.05) is 25.0 Å². The minimum Gasteiger partial charge on any atom is -0.349 e. The second-order valence-corrected chi connectivity index (χ2v) is 8.84. The van der Waals surface area contributed by atoms with Gasteiger partial charge in [-0.05, 0) is 62.3 Å². The SMILES string of the molecule is O=C(CN1CCC(NC(=O)c2cc3c(s2)CCCC3)CC1)Nc1ccccc1. The highest BCUT2D eigenvalue weighted by molar-refractivity contribution is 7.14. The number of thiophene rings is 1. The summed E-state index contributed by atoms with van der Waals surface area (Å²) in [5.41, 5.74) is 2.20. The van der Waals surface area contributed by atoms with E-state index in [1.54, 1.807) is 11.3 Å². The molecule has 1 aliphatic heterocycles. The standard InChI is InChI=1S/C22H27N3O2S/c26-21(23-17-7-2-1-3-8-17)15-25-12-10-18(11-13-25)24-22(27)20-14-16-6-4-5-9-19(16)28-20/h1-3,7-8,14,18H,4-6,9-13,15H2,(H,23,26)(H,24,27). The summed E-state index contributed by atoms with van der Waals surface area (Å²) in [6.07, 6.45) is 6.48. The van der Waals surface area contributed by atoms with E-state index in [-0.39, 0.29) is 17.9 Å². The van der Waals surface area contributed by atoms with Gasteiger partial charge in [-0.25, -0.2) is 0 Å². The van der Waals surface area contributed by atoms with Gasteiger partial charge in [-0.1, -0.05) is 18.2 Å². The number of nitrogens with zero attached hydrogens (tertiary/aromatic N) is 1. The van der Waals surface area contributed by atoms with Gasteiger partial charge in [0.15, 0.2) is 0 Å². The quantitative estimate of drug-likeness (QED) is 0.812. The molecule has 2 amide bonds. The fraction of sp³-hybridized carbons (Fsp3) is 0.455. The van der Waals surface area contributed by atoms with Crippen LogP contribution in [-0.4, -0.2) is 42.4 Å². The van der Waals surface area contributed by atoms with Gasteiger partial charge in [-0.3, -0.25) is 14.5 Å². The van der Waals surface area contributed by atoms with Crippen LogP contribution in [0.5, 0.6) is 0 Å². The van der Waals surface area contributed by atoms with Crippen LogP contribution in [0.1, 0.15) is 45.8 Å². The number of nitrogens with one attached hydrogen (secondary N) is 2. The van der Waals surface area contributed by atoms with Crippen LogP contribution in [0.15, 0.2) is 36.4 Å². The Balaban J connectivity index is 1.22. The normalized spacial score (nSPS) is 17.7. The van der Waals surface area contributed by atoms with E-state index < -0.39 is 0 Å². The van der Waals surface area contributed by atoms with Crippen LogP contribution in [0.4, 0.5) is 5.69 Å². The maximum absolute atomic E-state index is 12.6. The molecule has 2 aliphatic rings. The Kier molecular flexibility index (Phi) is 6.07. The number of aryl methyl sites for hydroxylation is 2. The van der Waals surface area contributed by atoms with E-state index in [0.29, 0.717) is 6.54 Å². The zero-order valence-corrected chi connectivity index (χ0v) is 16.9. The van der Waals surface area contributed by atoms with Gasteiger partial charge in [0, 0.05) is 29.7 Å². The van der Waals surface area contributed by atoms with Gasteiger partial charge in [0.1, 0.15) is 0 Å². The van der Waals surface area contributed by atoms with E-state index in [4.69, 9.17) is 0 Å². The molecular weight excluding hydrogens is 370 g/mol. The average molecular weight is 398 g/mol. The van der Waals surface area contributed by atoms with Gasteiger partial charge in [0.25, 0.3) is 5.91 Å². The Morgan fingerprint density at radius 3 is 2.57 bits per heavy atom. The number of carbonyl (C=O) groups is 2. The van der Waals surface area contributed by atoms with Crippen LogP contribution in [-0.2, 0) is 17.6 Å². The van der Waals surface area contributed by atoms with Crippen molar-refractivity contribution in [3.05, 3.63) is 51.7 Å². The molecule has 1 fully saturated rings. The first-order valence-electron chi connectivity index (χ1n) is 10.2. The summed E-state index contributed by atoms with van der Waals surface area (Å²) in [6.45, 7) is 2.05. The van der Waals surface area contributed by atoms with Gasteiger partial charge in [0.2, 0.25) is 5.91 Å². The number of fused-ring (bicyclic) bond motifs is 1. The van der Waals surface area contributed by atoms with E-state index in [1.165, 1.54) is 23.3 Å². The molecule has 5 nitrogen and oxygen atoms in total. The monoisotopic (exact) mass is 397 g/mol.